The number of hydrogen-bond acceptors (Lipinski definition) is 4. The van der Waals surface area contributed by atoms with Crippen LogP contribution in [0.15, 0.2) is 79.1 Å². The van der Waals surface area contributed by atoms with Crippen LogP contribution in [-0.2, 0) is 17.6 Å². The Hall–Kier alpha value is -3.67. The zero-order valence-electron chi connectivity index (χ0n) is 18.0. The lowest BCUT2D eigenvalue weighted by atomic mass is 10.1. The summed E-state index contributed by atoms with van der Waals surface area (Å²) in [4.78, 5) is 33.0. The molecule has 2 heterocycles. The molecule has 0 saturated carbocycles. The quantitative estimate of drug-likeness (QED) is 0.579. The zero-order valence-corrected chi connectivity index (χ0v) is 18.0. The van der Waals surface area contributed by atoms with Crippen molar-refractivity contribution >= 4 is 11.8 Å². The molecule has 1 fully saturated rings. The molecule has 2 aromatic carbocycles. The van der Waals surface area contributed by atoms with Crippen LogP contribution in [0.25, 0.3) is 0 Å². The minimum absolute atomic E-state index is 0.0137. The standard InChI is InChI=1S/C26H27N3O3/c30-25(19-22-7-4-13-27-20-22)28-14-16-29(17-15-28)26(31)23-8-10-24(11-9-23)32-18-12-21-5-2-1-3-6-21/h1-11,13,20H,12,14-19H2. The van der Waals surface area contributed by atoms with Crippen LogP contribution in [0.5, 0.6) is 5.75 Å². The minimum atomic E-state index is -0.0137. The molecular formula is C26H27N3O3. The van der Waals surface area contributed by atoms with Crippen LogP contribution in [0.4, 0.5) is 0 Å². The molecule has 0 N–H and O–H groups in total. The van der Waals surface area contributed by atoms with E-state index in [9.17, 15) is 9.59 Å². The number of hydrogen-bond donors (Lipinski definition) is 0. The largest absolute Gasteiger partial charge is 0.493 e. The van der Waals surface area contributed by atoms with Gasteiger partial charge in [0, 0.05) is 50.6 Å². The second kappa shape index (κ2) is 10.6. The average Bonchev–Trinajstić information content (AvgIpc) is 2.85. The van der Waals surface area contributed by atoms with Gasteiger partial charge in [-0.2, -0.15) is 0 Å². The summed E-state index contributed by atoms with van der Waals surface area (Å²) >= 11 is 0. The number of carbonyl (C=O) groups excluding carboxylic acids is 2. The lowest BCUT2D eigenvalue weighted by molar-refractivity contribution is -0.131. The van der Waals surface area contributed by atoms with Crippen LogP contribution in [0.1, 0.15) is 21.5 Å². The summed E-state index contributed by atoms with van der Waals surface area (Å²) < 4.78 is 5.81. The molecule has 4 rings (SSSR count). The van der Waals surface area contributed by atoms with Crippen molar-refractivity contribution in [2.45, 2.75) is 12.8 Å². The molecule has 32 heavy (non-hydrogen) atoms. The first-order valence-electron chi connectivity index (χ1n) is 10.9. The first-order valence-corrected chi connectivity index (χ1v) is 10.9. The molecule has 1 saturated heterocycles. The van der Waals surface area contributed by atoms with Crippen molar-refractivity contribution < 1.29 is 14.3 Å². The van der Waals surface area contributed by atoms with E-state index in [1.54, 1.807) is 29.4 Å². The molecule has 3 aromatic rings. The highest BCUT2D eigenvalue weighted by Crippen LogP contribution is 2.16. The Kier molecular flexibility index (Phi) is 7.12. The van der Waals surface area contributed by atoms with Gasteiger partial charge in [0.15, 0.2) is 0 Å². The molecular weight excluding hydrogens is 402 g/mol. The summed E-state index contributed by atoms with van der Waals surface area (Å²) in [5.41, 5.74) is 2.77. The Bertz CT molecular complexity index is 1020. The van der Waals surface area contributed by atoms with Crippen molar-refractivity contribution in [3.8, 4) is 5.75 Å². The SMILES string of the molecule is O=C(Cc1cccnc1)N1CCN(C(=O)c2ccc(OCCc3ccccc3)cc2)CC1. The topological polar surface area (TPSA) is 62.7 Å². The van der Waals surface area contributed by atoms with Gasteiger partial charge in [-0.15, -0.1) is 0 Å². The number of carbonyl (C=O) groups is 2. The van der Waals surface area contributed by atoms with Crippen LogP contribution in [0, 0.1) is 0 Å². The predicted octanol–water partition coefficient (Wildman–Crippen LogP) is 3.23. The Morgan fingerprint density at radius 1 is 0.812 bits per heavy atom. The highest BCUT2D eigenvalue weighted by molar-refractivity contribution is 5.94. The van der Waals surface area contributed by atoms with E-state index < -0.39 is 0 Å². The number of aromatic nitrogens is 1. The van der Waals surface area contributed by atoms with E-state index in [4.69, 9.17) is 4.74 Å². The number of nitrogens with zero attached hydrogens (tertiary/aromatic N) is 3. The van der Waals surface area contributed by atoms with Gasteiger partial charge in [-0.25, -0.2) is 0 Å². The van der Waals surface area contributed by atoms with Crippen molar-refractivity contribution in [1.82, 2.24) is 14.8 Å². The first-order chi connectivity index (χ1) is 15.7. The highest BCUT2D eigenvalue weighted by Gasteiger charge is 2.24. The van der Waals surface area contributed by atoms with Crippen LogP contribution >= 0.6 is 0 Å². The molecule has 1 aliphatic heterocycles. The van der Waals surface area contributed by atoms with Gasteiger partial charge in [0.05, 0.1) is 13.0 Å². The lowest BCUT2D eigenvalue weighted by Crippen LogP contribution is -2.51. The Morgan fingerprint density at radius 3 is 2.19 bits per heavy atom. The molecule has 0 radical (unpaired) electrons. The first kappa shape index (κ1) is 21.6. The molecule has 0 bridgehead atoms. The Labute approximate surface area is 188 Å². The van der Waals surface area contributed by atoms with Gasteiger partial charge >= 0.3 is 0 Å². The Balaban J connectivity index is 1.23. The molecule has 6 nitrogen and oxygen atoms in total. The monoisotopic (exact) mass is 429 g/mol. The molecule has 2 amide bonds. The smallest absolute Gasteiger partial charge is 0.253 e. The maximum Gasteiger partial charge on any atom is 0.253 e. The van der Waals surface area contributed by atoms with Crippen molar-refractivity contribution in [1.29, 1.82) is 0 Å². The summed E-state index contributed by atoms with van der Waals surface area (Å²) in [7, 11) is 0. The molecule has 0 atom stereocenters. The number of pyridine rings is 1. The second-order valence-corrected chi connectivity index (χ2v) is 7.82. The van der Waals surface area contributed by atoms with E-state index >= 15 is 0 Å². The third kappa shape index (κ3) is 5.72. The number of benzene rings is 2. The molecule has 1 aliphatic rings. The van der Waals surface area contributed by atoms with Gasteiger partial charge in [0.25, 0.3) is 5.91 Å². The fourth-order valence-electron chi connectivity index (χ4n) is 3.76. The van der Waals surface area contributed by atoms with E-state index in [1.165, 1.54) is 5.56 Å². The third-order valence-electron chi connectivity index (χ3n) is 5.60. The maximum absolute atomic E-state index is 12.9. The van der Waals surface area contributed by atoms with Crippen molar-refractivity contribution in [3.63, 3.8) is 0 Å². The Morgan fingerprint density at radius 2 is 1.50 bits per heavy atom. The highest BCUT2D eigenvalue weighted by atomic mass is 16.5. The van der Waals surface area contributed by atoms with Crippen LogP contribution < -0.4 is 4.74 Å². The zero-order chi connectivity index (χ0) is 22.2. The fraction of sp³-hybridized carbons (Fsp3) is 0.269. The van der Waals surface area contributed by atoms with Crippen LogP contribution in [-0.4, -0.2) is 59.4 Å². The van der Waals surface area contributed by atoms with E-state index in [1.807, 2.05) is 47.4 Å². The number of rotatable bonds is 7. The predicted molar refractivity (Wildman–Crippen MR) is 123 cm³/mol. The van der Waals surface area contributed by atoms with Crippen LogP contribution in [0.2, 0.25) is 0 Å². The van der Waals surface area contributed by atoms with Gasteiger partial charge in [0.2, 0.25) is 5.91 Å². The van der Waals surface area contributed by atoms with Crippen molar-refractivity contribution in [2.75, 3.05) is 32.8 Å². The van der Waals surface area contributed by atoms with E-state index in [-0.39, 0.29) is 11.8 Å². The molecule has 0 spiro atoms. The molecule has 1 aromatic heterocycles. The normalized spacial score (nSPS) is 13.6. The molecule has 0 aliphatic carbocycles. The number of amides is 2. The van der Waals surface area contributed by atoms with Crippen molar-refractivity contribution in [3.05, 3.63) is 95.8 Å². The van der Waals surface area contributed by atoms with Gasteiger partial charge in [-0.05, 0) is 41.5 Å². The van der Waals surface area contributed by atoms with E-state index in [0.29, 0.717) is 44.8 Å². The van der Waals surface area contributed by atoms with E-state index in [2.05, 4.69) is 17.1 Å². The maximum atomic E-state index is 12.9. The van der Waals surface area contributed by atoms with Crippen LogP contribution in [0.3, 0.4) is 0 Å². The summed E-state index contributed by atoms with van der Waals surface area (Å²) in [6.07, 6.45) is 4.59. The lowest BCUT2D eigenvalue weighted by Gasteiger charge is -2.35. The van der Waals surface area contributed by atoms with Gasteiger partial charge in [-0.3, -0.25) is 14.6 Å². The fourth-order valence-corrected chi connectivity index (χ4v) is 3.76. The summed E-state index contributed by atoms with van der Waals surface area (Å²) in [5, 5.41) is 0. The van der Waals surface area contributed by atoms with Crippen molar-refractivity contribution in [2.24, 2.45) is 0 Å². The van der Waals surface area contributed by atoms with Gasteiger partial charge < -0.3 is 14.5 Å². The molecule has 6 heteroatoms. The minimum Gasteiger partial charge on any atom is -0.493 e. The average molecular weight is 430 g/mol. The number of ether oxygens (including phenoxy) is 1. The van der Waals surface area contributed by atoms with Gasteiger partial charge in [-0.1, -0.05) is 36.4 Å². The van der Waals surface area contributed by atoms with Gasteiger partial charge in [0.1, 0.15) is 5.75 Å². The molecule has 0 unspecified atom stereocenters. The third-order valence-corrected chi connectivity index (χ3v) is 5.60. The summed E-state index contributed by atoms with van der Waals surface area (Å²) in [6.45, 7) is 2.75. The summed E-state index contributed by atoms with van der Waals surface area (Å²) in [6, 6.07) is 21.2. The number of piperazine rings is 1. The molecule has 164 valence electrons. The second-order valence-electron chi connectivity index (χ2n) is 7.82. The van der Waals surface area contributed by atoms with E-state index in [0.717, 1.165) is 17.7 Å². The summed E-state index contributed by atoms with van der Waals surface area (Å²) in [5.74, 6) is 0.811.